The zero-order valence-electron chi connectivity index (χ0n) is 10.2. The molecule has 1 aromatic rings. The first-order chi connectivity index (χ1) is 8.09. The van der Waals surface area contributed by atoms with E-state index in [9.17, 15) is 4.79 Å². The molecule has 0 radical (unpaired) electrons. The van der Waals surface area contributed by atoms with Gasteiger partial charge in [-0.05, 0) is 5.92 Å². The Kier molecular flexibility index (Phi) is 3.63. The first kappa shape index (κ1) is 12.3. The van der Waals surface area contributed by atoms with Crippen LogP contribution in [0.3, 0.4) is 0 Å². The molecule has 5 nitrogen and oxygen atoms in total. The average Bonchev–Trinajstić information content (AvgIpc) is 2.72. The van der Waals surface area contributed by atoms with E-state index in [2.05, 4.69) is 10.3 Å². The summed E-state index contributed by atoms with van der Waals surface area (Å²) in [6.45, 7) is 7.29. The number of thiazole rings is 1. The third-order valence-corrected chi connectivity index (χ3v) is 3.70. The van der Waals surface area contributed by atoms with Gasteiger partial charge in [0.05, 0.1) is 5.69 Å². The van der Waals surface area contributed by atoms with Gasteiger partial charge in [-0.3, -0.25) is 4.79 Å². The molecule has 6 heteroatoms. The Morgan fingerprint density at radius 3 is 2.71 bits per heavy atom. The standard InChI is InChI=1S/C11H18N4OS/c1-7(2)8-9(17-11(12)14-8)10(16)15-5-3-13-4-6-15/h7,13H,3-6H2,1-2H3,(H2,12,14). The van der Waals surface area contributed by atoms with Crippen molar-refractivity contribution in [3.05, 3.63) is 10.6 Å². The predicted molar refractivity (Wildman–Crippen MR) is 69.4 cm³/mol. The smallest absolute Gasteiger partial charge is 0.266 e. The van der Waals surface area contributed by atoms with Crippen LogP contribution < -0.4 is 11.1 Å². The molecular formula is C11H18N4OS. The van der Waals surface area contributed by atoms with Crippen LogP contribution in [-0.2, 0) is 0 Å². The van der Waals surface area contributed by atoms with Crippen molar-refractivity contribution in [3.63, 3.8) is 0 Å². The summed E-state index contributed by atoms with van der Waals surface area (Å²) >= 11 is 1.30. The normalized spacial score (nSPS) is 16.5. The van der Waals surface area contributed by atoms with Crippen LogP contribution in [0.2, 0.25) is 0 Å². The van der Waals surface area contributed by atoms with Crippen molar-refractivity contribution >= 4 is 22.4 Å². The van der Waals surface area contributed by atoms with Gasteiger partial charge in [-0.15, -0.1) is 0 Å². The van der Waals surface area contributed by atoms with E-state index in [-0.39, 0.29) is 11.8 Å². The summed E-state index contributed by atoms with van der Waals surface area (Å²) < 4.78 is 0. The van der Waals surface area contributed by atoms with Crippen molar-refractivity contribution in [2.75, 3.05) is 31.9 Å². The largest absolute Gasteiger partial charge is 0.375 e. The Labute approximate surface area is 105 Å². The van der Waals surface area contributed by atoms with Gasteiger partial charge in [-0.2, -0.15) is 0 Å². The Bertz CT molecular complexity index is 410. The maximum Gasteiger partial charge on any atom is 0.266 e. The molecule has 17 heavy (non-hydrogen) atoms. The van der Waals surface area contributed by atoms with Crippen molar-refractivity contribution in [2.24, 2.45) is 0 Å². The monoisotopic (exact) mass is 254 g/mol. The van der Waals surface area contributed by atoms with E-state index in [0.717, 1.165) is 31.9 Å². The van der Waals surface area contributed by atoms with E-state index in [0.29, 0.717) is 10.0 Å². The van der Waals surface area contributed by atoms with Crippen molar-refractivity contribution < 1.29 is 4.79 Å². The van der Waals surface area contributed by atoms with Crippen LogP contribution in [0.25, 0.3) is 0 Å². The fraction of sp³-hybridized carbons (Fsp3) is 0.636. The van der Waals surface area contributed by atoms with Crippen LogP contribution >= 0.6 is 11.3 Å². The van der Waals surface area contributed by atoms with Crippen LogP contribution in [0.5, 0.6) is 0 Å². The zero-order chi connectivity index (χ0) is 12.4. The van der Waals surface area contributed by atoms with E-state index < -0.39 is 0 Å². The van der Waals surface area contributed by atoms with Gasteiger partial charge in [-0.25, -0.2) is 4.98 Å². The minimum Gasteiger partial charge on any atom is -0.375 e. The van der Waals surface area contributed by atoms with Crippen LogP contribution in [-0.4, -0.2) is 42.0 Å². The van der Waals surface area contributed by atoms with Crippen molar-refractivity contribution in [3.8, 4) is 0 Å². The Morgan fingerprint density at radius 2 is 2.12 bits per heavy atom. The van der Waals surface area contributed by atoms with E-state index >= 15 is 0 Å². The highest BCUT2D eigenvalue weighted by Gasteiger charge is 2.24. The van der Waals surface area contributed by atoms with Crippen LogP contribution in [0.1, 0.15) is 35.1 Å². The molecule has 1 saturated heterocycles. The summed E-state index contributed by atoms with van der Waals surface area (Å²) in [6, 6.07) is 0. The van der Waals surface area contributed by atoms with Gasteiger partial charge in [0.25, 0.3) is 5.91 Å². The lowest BCUT2D eigenvalue weighted by Crippen LogP contribution is -2.46. The first-order valence-electron chi connectivity index (χ1n) is 5.85. The molecule has 0 aliphatic carbocycles. The summed E-state index contributed by atoms with van der Waals surface area (Å²) in [4.78, 5) is 19.2. The first-order valence-corrected chi connectivity index (χ1v) is 6.67. The number of hydrogen-bond donors (Lipinski definition) is 2. The fourth-order valence-corrected chi connectivity index (χ4v) is 2.86. The number of hydrogen-bond acceptors (Lipinski definition) is 5. The fourth-order valence-electron chi connectivity index (χ4n) is 1.91. The second-order valence-corrected chi connectivity index (χ2v) is 5.49. The van der Waals surface area contributed by atoms with Gasteiger partial charge in [0.1, 0.15) is 4.88 Å². The molecule has 1 aliphatic rings. The van der Waals surface area contributed by atoms with Crippen LogP contribution in [0.4, 0.5) is 5.13 Å². The molecule has 1 amide bonds. The maximum absolute atomic E-state index is 12.4. The minimum atomic E-state index is 0.0735. The van der Waals surface area contributed by atoms with E-state index in [1.807, 2.05) is 18.7 Å². The molecule has 1 aromatic heterocycles. The molecule has 0 atom stereocenters. The molecular weight excluding hydrogens is 236 g/mol. The summed E-state index contributed by atoms with van der Waals surface area (Å²) in [6.07, 6.45) is 0. The number of carbonyl (C=O) groups excluding carboxylic acids is 1. The number of nitrogens with zero attached hydrogens (tertiary/aromatic N) is 2. The van der Waals surface area contributed by atoms with E-state index in [1.165, 1.54) is 11.3 Å². The molecule has 2 rings (SSSR count). The number of carbonyl (C=O) groups is 1. The lowest BCUT2D eigenvalue weighted by atomic mass is 10.1. The third-order valence-electron chi connectivity index (χ3n) is 2.82. The average molecular weight is 254 g/mol. The molecule has 94 valence electrons. The number of aromatic nitrogens is 1. The highest BCUT2D eigenvalue weighted by Crippen LogP contribution is 2.27. The van der Waals surface area contributed by atoms with Gasteiger partial charge in [-0.1, -0.05) is 25.2 Å². The third kappa shape index (κ3) is 2.58. The Hall–Kier alpha value is -1.14. The number of rotatable bonds is 2. The predicted octanol–water partition coefficient (Wildman–Crippen LogP) is 0.894. The SMILES string of the molecule is CC(C)c1nc(N)sc1C(=O)N1CCNCC1. The number of nitrogens with one attached hydrogen (secondary N) is 1. The van der Waals surface area contributed by atoms with Crippen molar-refractivity contribution in [1.82, 2.24) is 15.2 Å². The lowest BCUT2D eigenvalue weighted by Gasteiger charge is -2.27. The Morgan fingerprint density at radius 1 is 1.47 bits per heavy atom. The molecule has 0 unspecified atom stereocenters. The topological polar surface area (TPSA) is 71.2 Å². The molecule has 0 spiro atoms. The number of nitrogen functional groups attached to an aromatic ring is 1. The van der Waals surface area contributed by atoms with Crippen molar-refractivity contribution in [2.45, 2.75) is 19.8 Å². The maximum atomic E-state index is 12.4. The Balaban J connectivity index is 2.23. The number of piperazine rings is 1. The summed E-state index contributed by atoms with van der Waals surface area (Å²) in [7, 11) is 0. The van der Waals surface area contributed by atoms with Gasteiger partial charge < -0.3 is 16.0 Å². The van der Waals surface area contributed by atoms with Crippen LogP contribution in [0, 0.1) is 0 Å². The summed E-state index contributed by atoms with van der Waals surface area (Å²) in [5.74, 6) is 0.301. The summed E-state index contributed by atoms with van der Waals surface area (Å²) in [5, 5.41) is 3.71. The second-order valence-electron chi connectivity index (χ2n) is 4.46. The van der Waals surface area contributed by atoms with Gasteiger partial charge in [0.2, 0.25) is 0 Å². The van der Waals surface area contributed by atoms with Gasteiger partial charge >= 0.3 is 0 Å². The summed E-state index contributed by atoms with van der Waals surface area (Å²) in [5.41, 5.74) is 6.54. The van der Waals surface area contributed by atoms with Gasteiger partial charge in [0.15, 0.2) is 5.13 Å². The number of nitrogens with two attached hydrogens (primary N) is 1. The van der Waals surface area contributed by atoms with Crippen LogP contribution in [0.15, 0.2) is 0 Å². The second kappa shape index (κ2) is 5.01. The highest BCUT2D eigenvalue weighted by molar-refractivity contribution is 7.17. The quantitative estimate of drug-likeness (QED) is 0.822. The number of anilines is 1. The molecule has 0 bridgehead atoms. The molecule has 1 aliphatic heterocycles. The molecule has 3 N–H and O–H groups in total. The highest BCUT2D eigenvalue weighted by atomic mass is 32.1. The molecule has 0 aromatic carbocycles. The van der Waals surface area contributed by atoms with Gasteiger partial charge in [0, 0.05) is 26.2 Å². The lowest BCUT2D eigenvalue weighted by molar-refractivity contribution is 0.0739. The van der Waals surface area contributed by atoms with E-state index in [1.54, 1.807) is 0 Å². The molecule has 0 saturated carbocycles. The molecule has 1 fully saturated rings. The zero-order valence-corrected chi connectivity index (χ0v) is 11.0. The minimum absolute atomic E-state index is 0.0735. The number of amides is 1. The van der Waals surface area contributed by atoms with E-state index in [4.69, 9.17) is 5.73 Å². The molecule has 2 heterocycles. The van der Waals surface area contributed by atoms with Crippen molar-refractivity contribution in [1.29, 1.82) is 0 Å².